The van der Waals surface area contributed by atoms with Crippen molar-refractivity contribution in [2.75, 3.05) is 0 Å². The zero-order valence-electron chi connectivity index (χ0n) is 4.47. The number of aliphatic hydroxyl groups excluding tert-OH is 1. The molecule has 0 bridgehead atoms. The fourth-order valence-corrected chi connectivity index (χ4v) is 0.493. The number of rotatable bonds is 1. The molecule has 0 aliphatic carbocycles. The molecule has 0 saturated heterocycles. The summed E-state index contributed by atoms with van der Waals surface area (Å²) in [6, 6.07) is 0. The van der Waals surface area contributed by atoms with Crippen LogP contribution in [-0.2, 0) is 0 Å². The molecule has 3 N–H and O–H groups in total. The Hall–Kier alpha value is -1.07. The van der Waals surface area contributed by atoms with Gasteiger partial charge in [0, 0.05) is 6.20 Å². The number of aliphatic hydroxyl groups is 2. The van der Waals surface area contributed by atoms with Gasteiger partial charge < -0.3 is 15.4 Å². The van der Waals surface area contributed by atoms with E-state index in [1.807, 2.05) is 0 Å². The minimum absolute atomic E-state index is 0.185. The lowest BCUT2D eigenvalue weighted by Crippen LogP contribution is -2.04. The largest absolute Gasteiger partial charge is 0.427 e. The van der Waals surface area contributed by atoms with Crippen molar-refractivity contribution in [1.82, 2.24) is 9.71 Å². The van der Waals surface area contributed by atoms with Crippen molar-refractivity contribution in [1.29, 1.82) is 0 Å². The lowest BCUT2D eigenvalue weighted by Gasteiger charge is -1.99. The summed E-state index contributed by atoms with van der Waals surface area (Å²) in [5.74, 6) is -0.185. The van der Waals surface area contributed by atoms with Gasteiger partial charge in [-0.15, -0.1) is 0 Å². The van der Waals surface area contributed by atoms with Crippen molar-refractivity contribution in [3.63, 3.8) is 0 Å². The number of nitrogens with zero attached hydrogens (tertiary/aromatic N) is 2. The molecule has 0 aliphatic rings. The average Bonchev–Trinajstić information content (AvgIpc) is 2.13. The minimum Gasteiger partial charge on any atom is -0.427 e. The monoisotopic (exact) mass is 130 g/mol. The van der Waals surface area contributed by atoms with E-state index in [2.05, 4.69) is 4.98 Å². The number of hydrogen-bond donors (Lipinski definition) is 3. The Morgan fingerprint density at radius 2 is 2.22 bits per heavy atom. The van der Waals surface area contributed by atoms with Crippen LogP contribution in [0, 0.1) is 0 Å². The first-order chi connectivity index (χ1) is 4.22. The van der Waals surface area contributed by atoms with Crippen LogP contribution < -0.4 is 0 Å². The standard InChI is InChI=1S/C4H6N2O3/c7-4(8)3-5-1-2-6(3)9/h1-2,4,7-9H. The average molecular weight is 130 g/mol. The maximum Gasteiger partial charge on any atom is 0.215 e. The van der Waals surface area contributed by atoms with Gasteiger partial charge in [-0.1, -0.05) is 0 Å². The summed E-state index contributed by atoms with van der Waals surface area (Å²) in [4.78, 5) is 3.43. The fourth-order valence-electron chi connectivity index (χ4n) is 0.493. The summed E-state index contributed by atoms with van der Waals surface area (Å²) in [7, 11) is 0. The maximum atomic E-state index is 8.66. The molecule has 0 atom stereocenters. The minimum atomic E-state index is -1.72. The van der Waals surface area contributed by atoms with Gasteiger partial charge in [0.15, 0.2) is 0 Å². The van der Waals surface area contributed by atoms with Crippen LogP contribution in [0.1, 0.15) is 12.1 Å². The Labute approximate surface area is 50.8 Å². The van der Waals surface area contributed by atoms with Gasteiger partial charge in [-0.25, -0.2) is 4.98 Å². The molecular formula is C4H6N2O3. The maximum absolute atomic E-state index is 8.66. The molecule has 1 rings (SSSR count). The van der Waals surface area contributed by atoms with Gasteiger partial charge in [-0.3, -0.25) is 0 Å². The van der Waals surface area contributed by atoms with Crippen LogP contribution in [0.15, 0.2) is 12.4 Å². The van der Waals surface area contributed by atoms with E-state index in [0.29, 0.717) is 4.73 Å². The Morgan fingerprint density at radius 3 is 2.44 bits per heavy atom. The van der Waals surface area contributed by atoms with E-state index < -0.39 is 6.29 Å². The summed E-state index contributed by atoms with van der Waals surface area (Å²) in [6.45, 7) is 0. The first-order valence-corrected chi connectivity index (χ1v) is 2.30. The van der Waals surface area contributed by atoms with Gasteiger partial charge in [0.05, 0.1) is 6.20 Å². The highest BCUT2D eigenvalue weighted by Gasteiger charge is 2.07. The van der Waals surface area contributed by atoms with Crippen LogP contribution in [0.2, 0.25) is 0 Å². The summed E-state index contributed by atoms with van der Waals surface area (Å²) in [5.41, 5.74) is 0. The van der Waals surface area contributed by atoms with Gasteiger partial charge >= 0.3 is 0 Å². The first kappa shape index (κ1) is 6.06. The van der Waals surface area contributed by atoms with E-state index >= 15 is 0 Å². The van der Waals surface area contributed by atoms with Gasteiger partial charge in [0.2, 0.25) is 12.1 Å². The Balaban J connectivity index is 2.94. The quantitative estimate of drug-likeness (QED) is 0.340. The van der Waals surface area contributed by atoms with Crippen molar-refractivity contribution >= 4 is 0 Å². The molecule has 0 unspecified atom stereocenters. The molecule has 50 valence electrons. The van der Waals surface area contributed by atoms with Gasteiger partial charge in [0.25, 0.3) is 0 Å². The number of imidazole rings is 1. The predicted molar refractivity (Wildman–Crippen MR) is 26.6 cm³/mol. The molecule has 0 aromatic carbocycles. The molecule has 1 aromatic heterocycles. The van der Waals surface area contributed by atoms with E-state index in [-0.39, 0.29) is 5.82 Å². The smallest absolute Gasteiger partial charge is 0.215 e. The van der Waals surface area contributed by atoms with Crippen molar-refractivity contribution in [2.24, 2.45) is 0 Å². The summed E-state index contributed by atoms with van der Waals surface area (Å²) in [5, 5.41) is 25.5. The van der Waals surface area contributed by atoms with Gasteiger partial charge in [-0.2, -0.15) is 4.73 Å². The third-order valence-corrected chi connectivity index (χ3v) is 0.880. The molecule has 5 heteroatoms. The van der Waals surface area contributed by atoms with Crippen LogP contribution in [0.3, 0.4) is 0 Å². The summed E-state index contributed by atoms with van der Waals surface area (Å²) < 4.78 is 0.546. The summed E-state index contributed by atoms with van der Waals surface area (Å²) >= 11 is 0. The SMILES string of the molecule is OC(O)c1nccn1O. The van der Waals surface area contributed by atoms with Crippen LogP contribution in [0.5, 0.6) is 0 Å². The van der Waals surface area contributed by atoms with E-state index in [9.17, 15) is 0 Å². The highest BCUT2D eigenvalue weighted by Crippen LogP contribution is 2.02. The van der Waals surface area contributed by atoms with E-state index in [4.69, 9.17) is 15.4 Å². The van der Waals surface area contributed by atoms with Crippen LogP contribution in [0.25, 0.3) is 0 Å². The summed E-state index contributed by atoms with van der Waals surface area (Å²) in [6.07, 6.45) is 0.744. The molecule has 5 nitrogen and oxygen atoms in total. The van der Waals surface area contributed by atoms with E-state index in [1.165, 1.54) is 12.4 Å². The zero-order valence-corrected chi connectivity index (χ0v) is 4.47. The molecule has 1 aromatic rings. The third-order valence-electron chi connectivity index (χ3n) is 0.880. The van der Waals surface area contributed by atoms with Crippen LogP contribution in [-0.4, -0.2) is 25.1 Å². The first-order valence-electron chi connectivity index (χ1n) is 2.30. The highest BCUT2D eigenvalue weighted by molar-refractivity contribution is 4.89. The lowest BCUT2D eigenvalue weighted by atomic mass is 10.6. The molecule has 0 aliphatic heterocycles. The highest BCUT2D eigenvalue weighted by atomic mass is 16.5. The molecule has 0 radical (unpaired) electrons. The Bertz CT molecular complexity index is 195. The van der Waals surface area contributed by atoms with Crippen molar-refractivity contribution < 1.29 is 15.4 Å². The normalized spacial score (nSPS) is 10.6. The van der Waals surface area contributed by atoms with Crippen molar-refractivity contribution in [2.45, 2.75) is 6.29 Å². The van der Waals surface area contributed by atoms with Gasteiger partial charge in [0.1, 0.15) is 0 Å². The lowest BCUT2D eigenvalue weighted by molar-refractivity contribution is -0.0619. The number of hydrogen-bond acceptors (Lipinski definition) is 4. The predicted octanol–water partition coefficient (Wildman–Crippen LogP) is -0.896. The van der Waals surface area contributed by atoms with Crippen molar-refractivity contribution in [3.8, 4) is 0 Å². The second kappa shape index (κ2) is 2.04. The fraction of sp³-hybridized carbons (Fsp3) is 0.250. The van der Waals surface area contributed by atoms with Gasteiger partial charge in [-0.05, 0) is 0 Å². The molecule has 0 saturated carbocycles. The van der Waals surface area contributed by atoms with Crippen LogP contribution in [0.4, 0.5) is 0 Å². The Kier molecular flexibility index (Phi) is 1.37. The van der Waals surface area contributed by atoms with E-state index in [0.717, 1.165) is 0 Å². The molecule has 1 heterocycles. The molecule has 0 fully saturated rings. The van der Waals surface area contributed by atoms with Crippen molar-refractivity contribution in [3.05, 3.63) is 18.2 Å². The molecule has 0 amide bonds. The van der Waals surface area contributed by atoms with Crippen LogP contribution >= 0.6 is 0 Å². The van der Waals surface area contributed by atoms with E-state index in [1.54, 1.807) is 0 Å². The molecule has 0 spiro atoms. The Morgan fingerprint density at radius 1 is 1.56 bits per heavy atom. The zero-order chi connectivity index (χ0) is 6.85. The second-order valence-electron chi connectivity index (χ2n) is 1.50. The topological polar surface area (TPSA) is 78.5 Å². The second-order valence-corrected chi connectivity index (χ2v) is 1.50. The molecule has 9 heavy (non-hydrogen) atoms. The molecular weight excluding hydrogens is 124 g/mol. The third kappa shape index (κ3) is 1.01. The number of aromatic nitrogens is 2.